The van der Waals surface area contributed by atoms with Crippen LogP contribution in [0.4, 0.5) is 29.3 Å². The number of morpholine rings is 1. The Balaban J connectivity index is 0.000000257. The molecule has 1 saturated heterocycles. The highest BCUT2D eigenvalue weighted by atomic mass is 32.2. The summed E-state index contributed by atoms with van der Waals surface area (Å²) in [5.74, 6) is -0.843. The number of alkyl halides is 3. The van der Waals surface area contributed by atoms with E-state index in [9.17, 15) is 44.4 Å². The van der Waals surface area contributed by atoms with Crippen molar-refractivity contribution < 1.29 is 53.9 Å². The van der Waals surface area contributed by atoms with E-state index >= 15 is 0 Å². The van der Waals surface area contributed by atoms with Crippen LogP contribution in [0, 0.1) is 0 Å². The zero-order valence-electron chi connectivity index (χ0n) is 24.8. The van der Waals surface area contributed by atoms with Gasteiger partial charge in [0, 0.05) is 25.8 Å². The molecule has 0 aromatic heterocycles. The molecule has 3 aromatic rings. The second-order valence-electron chi connectivity index (χ2n) is 9.44. The lowest BCUT2D eigenvalue weighted by Gasteiger charge is -2.27. The van der Waals surface area contributed by atoms with E-state index in [0.717, 1.165) is 0 Å². The number of methoxy groups -OCH3 is 1. The number of carbonyl (C=O) groups is 3. The van der Waals surface area contributed by atoms with E-state index in [1.807, 2.05) is 4.72 Å². The molecule has 14 nitrogen and oxygen atoms in total. The van der Waals surface area contributed by atoms with Crippen LogP contribution in [0.2, 0.25) is 0 Å². The Bertz CT molecular complexity index is 1800. The fourth-order valence-corrected chi connectivity index (χ4v) is 5.43. The first kappa shape index (κ1) is 36.6. The first-order valence-electron chi connectivity index (χ1n) is 13.4. The lowest BCUT2D eigenvalue weighted by Crippen LogP contribution is -2.41. The summed E-state index contributed by atoms with van der Waals surface area (Å²) in [6.45, 7) is 0.510. The van der Waals surface area contributed by atoms with Crippen molar-refractivity contribution in [3.63, 3.8) is 0 Å². The number of urea groups is 1. The Kier molecular flexibility index (Phi) is 12.1. The maximum Gasteiger partial charge on any atom is 0.516 e. The van der Waals surface area contributed by atoms with Gasteiger partial charge in [0.15, 0.2) is 0 Å². The molecule has 1 aliphatic heterocycles. The number of anilines is 2. The lowest BCUT2D eigenvalue weighted by molar-refractivity contribution is -0.143. The summed E-state index contributed by atoms with van der Waals surface area (Å²) in [6, 6.07) is 16.9. The first-order chi connectivity index (χ1) is 22.1. The average molecular weight is 702 g/mol. The summed E-state index contributed by atoms with van der Waals surface area (Å²) in [5.41, 5.74) is -4.83. The van der Waals surface area contributed by atoms with Crippen molar-refractivity contribution in [3.8, 4) is 5.75 Å². The second-order valence-corrected chi connectivity index (χ2v) is 12.8. The van der Waals surface area contributed by atoms with Gasteiger partial charge in [-0.1, -0.05) is 30.3 Å². The fraction of sp³-hybridized carbons (Fsp3) is 0.250. The number of hydrogen-bond acceptors (Lipinski definition) is 9. The molecule has 1 aliphatic rings. The largest absolute Gasteiger partial charge is 0.516 e. The van der Waals surface area contributed by atoms with Crippen LogP contribution in [0.5, 0.6) is 5.75 Å². The van der Waals surface area contributed by atoms with Gasteiger partial charge in [0.05, 0.1) is 29.9 Å². The SMILES string of the molecule is CNC(=O)Nc1ccc(S(=O)(=O)NC(=O)c2ccccc2OC)cc1.O=C1COCCN1Cc1ccccc1NS(=O)(=O)C(F)(F)F. The number of nitrogens with one attached hydrogen (secondary N) is 4. The summed E-state index contributed by atoms with van der Waals surface area (Å²) in [5, 5.41) is 4.88. The molecule has 1 heterocycles. The summed E-state index contributed by atoms with van der Waals surface area (Å²) in [4.78, 5) is 36.4. The molecule has 0 spiro atoms. The Morgan fingerprint density at radius 1 is 0.957 bits per heavy atom. The molecule has 1 fully saturated rings. The van der Waals surface area contributed by atoms with E-state index in [-0.39, 0.29) is 46.5 Å². The van der Waals surface area contributed by atoms with Crippen molar-refractivity contribution in [3.05, 3.63) is 83.9 Å². The number of halogens is 3. The first-order valence-corrected chi connectivity index (χ1v) is 16.4. The van der Waals surface area contributed by atoms with Crippen molar-refractivity contribution >= 4 is 49.3 Å². The third-order valence-electron chi connectivity index (χ3n) is 6.24. The number of para-hydroxylation sites is 2. The minimum Gasteiger partial charge on any atom is -0.496 e. The van der Waals surface area contributed by atoms with E-state index < -0.39 is 37.5 Å². The highest BCUT2D eigenvalue weighted by molar-refractivity contribution is 7.93. The Hall–Kier alpha value is -4.88. The fourth-order valence-electron chi connectivity index (χ4n) is 3.86. The van der Waals surface area contributed by atoms with Crippen LogP contribution < -0.4 is 24.8 Å². The van der Waals surface area contributed by atoms with Crippen LogP contribution >= 0.6 is 0 Å². The molecule has 47 heavy (non-hydrogen) atoms. The second kappa shape index (κ2) is 15.6. The molecular weight excluding hydrogens is 671 g/mol. The van der Waals surface area contributed by atoms with Crippen LogP contribution in [0.3, 0.4) is 0 Å². The molecule has 0 bridgehead atoms. The Labute approximate surface area is 268 Å². The molecule has 4 N–H and O–H groups in total. The van der Waals surface area contributed by atoms with E-state index in [0.29, 0.717) is 18.8 Å². The average Bonchev–Trinajstić information content (AvgIpc) is 3.02. The van der Waals surface area contributed by atoms with Crippen molar-refractivity contribution in [2.45, 2.75) is 16.9 Å². The molecule has 0 aliphatic carbocycles. The van der Waals surface area contributed by atoms with E-state index in [1.165, 1.54) is 72.3 Å². The van der Waals surface area contributed by atoms with Gasteiger partial charge < -0.3 is 25.0 Å². The van der Waals surface area contributed by atoms with Crippen LogP contribution in [-0.2, 0) is 36.1 Å². The number of carbonyl (C=O) groups excluding carboxylic acids is 3. The van der Waals surface area contributed by atoms with Gasteiger partial charge >= 0.3 is 21.6 Å². The normalized spacial score (nSPS) is 13.5. The third-order valence-corrected chi connectivity index (χ3v) is 8.68. The van der Waals surface area contributed by atoms with E-state index in [1.54, 1.807) is 24.3 Å². The molecule has 0 saturated carbocycles. The highest BCUT2D eigenvalue weighted by Crippen LogP contribution is 2.27. The number of sulfonamides is 2. The number of benzene rings is 3. The minimum atomic E-state index is -5.51. The number of rotatable bonds is 9. The lowest BCUT2D eigenvalue weighted by atomic mass is 10.1. The molecule has 4 amide bonds. The summed E-state index contributed by atoms with van der Waals surface area (Å²) < 4.78 is 97.9. The van der Waals surface area contributed by atoms with Crippen molar-refractivity contribution in [1.82, 2.24) is 14.9 Å². The van der Waals surface area contributed by atoms with E-state index in [4.69, 9.17) is 9.47 Å². The monoisotopic (exact) mass is 701 g/mol. The molecule has 4 rings (SSSR count). The maximum absolute atomic E-state index is 12.4. The van der Waals surface area contributed by atoms with Gasteiger partial charge in [-0.3, -0.25) is 14.3 Å². The van der Waals surface area contributed by atoms with Gasteiger partial charge in [-0.05, 0) is 48.0 Å². The molecule has 3 aromatic carbocycles. The zero-order chi connectivity index (χ0) is 34.8. The standard InChI is InChI=1S/C16H17N3O5S.C12H13F3N2O4S/c1-17-16(21)18-11-7-9-12(10-8-11)25(22,23)19-15(20)13-5-3-4-6-14(13)24-2;13-12(14,15)22(19,20)16-10-4-2-1-3-9(10)7-17-5-6-21-8-11(17)18/h3-10H,1-2H3,(H,19,20)(H2,17,18,21);1-4,16H,5-8H2. The highest BCUT2D eigenvalue weighted by Gasteiger charge is 2.46. The van der Waals surface area contributed by atoms with Gasteiger partial charge in [0.1, 0.15) is 12.4 Å². The van der Waals surface area contributed by atoms with Gasteiger partial charge in [0.2, 0.25) is 5.91 Å². The zero-order valence-corrected chi connectivity index (χ0v) is 26.5. The van der Waals surface area contributed by atoms with Gasteiger partial charge in [-0.25, -0.2) is 17.9 Å². The van der Waals surface area contributed by atoms with Crippen LogP contribution in [0.15, 0.2) is 77.7 Å². The van der Waals surface area contributed by atoms with Gasteiger partial charge in [0.25, 0.3) is 15.9 Å². The number of amides is 4. The smallest absolute Gasteiger partial charge is 0.496 e. The summed E-state index contributed by atoms with van der Waals surface area (Å²) >= 11 is 0. The molecule has 0 atom stereocenters. The molecular formula is C28H30F3N5O9S2. The molecule has 0 radical (unpaired) electrons. The third kappa shape index (κ3) is 10.1. The van der Waals surface area contributed by atoms with Gasteiger partial charge in [-0.2, -0.15) is 21.6 Å². The molecule has 0 unspecified atom stereocenters. The molecule has 254 valence electrons. The molecule has 19 heteroatoms. The van der Waals surface area contributed by atoms with Gasteiger partial charge in [-0.15, -0.1) is 0 Å². The quantitative estimate of drug-likeness (QED) is 0.260. The van der Waals surface area contributed by atoms with Crippen LogP contribution in [0.1, 0.15) is 15.9 Å². The van der Waals surface area contributed by atoms with Crippen LogP contribution in [-0.4, -0.2) is 79.0 Å². The summed E-state index contributed by atoms with van der Waals surface area (Å²) in [7, 11) is -6.73. The van der Waals surface area contributed by atoms with Crippen molar-refractivity contribution in [2.75, 3.05) is 44.0 Å². The maximum atomic E-state index is 12.4. The Morgan fingerprint density at radius 2 is 1.60 bits per heavy atom. The van der Waals surface area contributed by atoms with Crippen molar-refractivity contribution in [1.29, 1.82) is 0 Å². The predicted molar refractivity (Wildman–Crippen MR) is 163 cm³/mol. The Morgan fingerprint density at radius 3 is 2.21 bits per heavy atom. The number of nitrogens with zero attached hydrogens (tertiary/aromatic N) is 1. The summed E-state index contributed by atoms with van der Waals surface area (Å²) in [6.07, 6.45) is 0. The topological polar surface area (TPSA) is 189 Å². The van der Waals surface area contributed by atoms with Crippen molar-refractivity contribution in [2.24, 2.45) is 0 Å². The number of ether oxygens (including phenoxy) is 2. The predicted octanol–water partition coefficient (Wildman–Crippen LogP) is 2.87. The minimum absolute atomic E-state index is 0.00125. The van der Waals surface area contributed by atoms with E-state index in [2.05, 4.69) is 10.6 Å². The number of hydrogen-bond donors (Lipinski definition) is 4. The van der Waals surface area contributed by atoms with Crippen LogP contribution in [0.25, 0.3) is 0 Å².